The molecule has 6 nitrogen and oxygen atoms in total. The van der Waals surface area contributed by atoms with Gasteiger partial charge < -0.3 is 15.3 Å². The lowest BCUT2D eigenvalue weighted by Gasteiger charge is -2.20. The molecule has 0 spiro atoms. The van der Waals surface area contributed by atoms with E-state index < -0.39 is 5.97 Å². The number of carbonyl (C=O) groups excluding carboxylic acids is 2. The molecule has 1 heterocycles. The zero-order valence-corrected chi connectivity index (χ0v) is 12.6. The predicted molar refractivity (Wildman–Crippen MR) is 81.1 cm³/mol. The quantitative estimate of drug-likeness (QED) is 0.825. The van der Waals surface area contributed by atoms with Crippen LogP contribution in [-0.4, -0.2) is 47.4 Å². The summed E-state index contributed by atoms with van der Waals surface area (Å²) in [6, 6.07) is 5.45. The molecule has 0 saturated heterocycles. The summed E-state index contributed by atoms with van der Waals surface area (Å²) in [5.41, 5.74) is 2.96. The number of Topliss-reactive ketones (excluding diaryl/α,β-unsaturated/α-hetero) is 1. The van der Waals surface area contributed by atoms with Crippen molar-refractivity contribution in [3.05, 3.63) is 34.9 Å². The van der Waals surface area contributed by atoms with Gasteiger partial charge in [0.05, 0.1) is 6.42 Å². The minimum Gasteiger partial charge on any atom is -0.481 e. The summed E-state index contributed by atoms with van der Waals surface area (Å²) in [5, 5.41) is 11.2. The lowest BCUT2D eigenvalue weighted by Crippen LogP contribution is -2.42. The summed E-state index contributed by atoms with van der Waals surface area (Å²) in [7, 11) is 0. The first-order valence-corrected chi connectivity index (χ1v) is 7.34. The highest BCUT2D eigenvalue weighted by Gasteiger charge is 2.19. The van der Waals surface area contributed by atoms with Gasteiger partial charge in [-0.3, -0.25) is 9.59 Å². The lowest BCUT2D eigenvalue weighted by molar-refractivity contribution is -0.136. The first-order valence-electron chi connectivity index (χ1n) is 7.34. The van der Waals surface area contributed by atoms with Crippen LogP contribution >= 0.6 is 0 Å². The standard InChI is InChI=1S/C16H20N2O4/c1-11(19)13-3-2-12-5-8-18(9-6-14(12)10-13)16(22)17-7-4-15(20)21/h2-3,10H,4-9H2,1H3,(H,17,22)(H,20,21). The van der Waals surface area contributed by atoms with E-state index in [1.165, 1.54) is 0 Å². The van der Waals surface area contributed by atoms with Crippen molar-refractivity contribution in [2.24, 2.45) is 0 Å². The number of carboxylic acids is 1. The summed E-state index contributed by atoms with van der Waals surface area (Å²) in [6.45, 7) is 2.82. The number of carbonyl (C=O) groups is 3. The van der Waals surface area contributed by atoms with E-state index in [1.807, 2.05) is 18.2 Å². The van der Waals surface area contributed by atoms with Crippen LogP contribution in [0.5, 0.6) is 0 Å². The second-order valence-corrected chi connectivity index (χ2v) is 5.40. The molecule has 0 fully saturated rings. The highest BCUT2D eigenvalue weighted by Crippen LogP contribution is 2.18. The van der Waals surface area contributed by atoms with Crippen molar-refractivity contribution < 1.29 is 19.5 Å². The van der Waals surface area contributed by atoms with Crippen molar-refractivity contribution in [1.29, 1.82) is 0 Å². The van der Waals surface area contributed by atoms with Crippen LogP contribution in [0, 0.1) is 0 Å². The molecule has 0 aromatic heterocycles. The van der Waals surface area contributed by atoms with Crippen molar-refractivity contribution >= 4 is 17.8 Å². The Morgan fingerprint density at radius 2 is 1.86 bits per heavy atom. The van der Waals surface area contributed by atoms with E-state index in [0.717, 1.165) is 17.5 Å². The number of ketones is 1. The Balaban J connectivity index is 1.97. The Morgan fingerprint density at radius 3 is 2.50 bits per heavy atom. The van der Waals surface area contributed by atoms with E-state index in [4.69, 9.17) is 5.11 Å². The molecule has 0 aliphatic carbocycles. The van der Waals surface area contributed by atoms with Gasteiger partial charge in [0.1, 0.15) is 0 Å². The van der Waals surface area contributed by atoms with E-state index in [9.17, 15) is 14.4 Å². The SMILES string of the molecule is CC(=O)c1ccc2c(c1)CCN(C(=O)NCCC(=O)O)CC2. The third kappa shape index (κ3) is 4.07. The number of hydrogen-bond acceptors (Lipinski definition) is 3. The molecule has 1 aliphatic heterocycles. The maximum Gasteiger partial charge on any atom is 0.317 e. The number of fused-ring (bicyclic) bond motifs is 1. The molecule has 0 bridgehead atoms. The largest absolute Gasteiger partial charge is 0.481 e. The lowest BCUT2D eigenvalue weighted by atomic mass is 9.99. The third-order valence-electron chi connectivity index (χ3n) is 3.82. The van der Waals surface area contributed by atoms with E-state index in [0.29, 0.717) is 25.1 Å². The molecule has 2 rings (SSSR count). The summed E-state index contributed by atoms with van der Waals surface area (Å²) in [4.78, 5) is 35.6. The smallest absolute Gasteiger partial charge is 0.317 e. The Bertz CT molecular complexity index is 598. The zero-order chi connectivity index (χ0) is 16.1. The fourth-order valence-electron chi connectivity index (χ4n) is 2.54. The van der Waals surface area contributed by atoms with Crippen LogP contribution < -0.4 is 5.32 Å². The Kier molecular flexibility index (Phi) is 5.14. The summed E-state index contributed by atoms with van der Waals surface area (Å²) < 4.78 is 0. The number of amides is 2. The van der Waals surface area contributed by atoms with Crippen LogP contribution in [0.4, 0.5) is 4.79 Å². The molecule has 1 aromatic rings. The van der Waals surface area contributed by atoms with Gasteiger partial charge in [-0.25, -0.2) is 4.79 Å². The molecule has 118 valence electrons. The Hall–Kier alpha value is -2.37. The first-order chi connectivity index (χ1) is 10.5. The van der Waals surface area contributed by atoms with Crippen molar-refractivity contribution in [2.45, 2.75) is 26.2 Å². The third-order valence-corrected chi connectivity index (χ3v) is 3.82. The minimum atomic E-state index is -0.930. The number of urea groups is 1. The van der Waals surface area contributed by atoms with E-state index in [-0.39, 0.29) is 24.8 Å². The van der Waals surface area contributed by atoms with Gasteiger partial charge in [-0.1, -0.05) is 12.1 Å². The van der Waals surface area contributed by atoms with Gasteiger partial charge in [0.25, 0.3) is 0 Å². The predicted octanol–water partition coefficient (Wildman–Crippen LogP) is 1.47. The number of benzene rings is 1. The minimum absolute atomic E-state index is 0.0373. The summed E-state index contributed by atoms with van der Waals surface area (Å²) in [6.07, 6.45) is 1.35. The van der Waals surface area contributed by atoms with Gasteiger partial charge in [-0.2, -0.15) is 0 Å². The topological polar surface area (TPSA) is 86.7 Å². The molecule has 0 unspecified atom stereocenters. The number of rotatable bonds is 4. The van der Waals surface area contributed by atoms with E-state index >= 15 is 0 Å². The van der Waals surface area contributed by atoms with Crippen LogP contribution in [0.3, 0.4) is 0 Å². The number of aliphatic carboxylic acids is 1. The van der Waals surface area contributed by atoms with Crippen LogP contribution in [0.15, 0.2) is 18.2 Å². The number of hydrogen-bond donors (Lipinski definition) is 2. The fourth-order valence-corrected chi connectivity index (χ4v) is 2.54. The van der Waals surface area contributed by atoms with Gasteiger partial charge in [-0.05, 0) is 37.0 Å². The molecule has 0 atom stereocenters. The molecule has 1 aliphatic rings. The van der Waals surface area contributed by atoms with Gasteiger partial charge in [-0.15, -0.1) is 0 Å². The molecule has 0 saturated carbocycles. The number of nitrogens with zero attached hydrogens (tertiary/aromatic N) is 1. The molecule has 6 heteroatoms. The van der Waals surface area contributed by atoms with Crippen LogP contribution in [0.25, 0.3) is 0 Å². The molecule has 22 heavy (non-hydrogen) atoms. The van der Waals surface area contributed by atoms with Crippen molar-refractivity contribution in [3.8, 4) is 0 Å². The monoisotopic (exact) mass is 304 g/mol. The van der Waals surface area contributed by atoms with Crippen LogP contribution in [0.1, 0.15) is 34.8 Å². The number of nitrogens with one attached hydrogen (secondary N) is 1. The fraction of sp³-hybridized carbons (Fsp3) is 0.438. The van der Waals surface area contributed by atoms with Gasteiger partial charge in [0.15, 0.2) is 5.78 Å². The van der Waals surface area contributed by atoms with Crippen molar-refractivity contribution in [2.75, 3.05) is 19.6 Å². The van der Waals surface area contributed by atoms with E-state index in [2.05, 4.69) is 5.32 Å². The van der Waals surface area contributed by atoms with Crippen LogP contribution in [-0.2, 0) is 17.6 Å². The van der Waals surface area contributed by atoms with Gasteiger partial charge in [0.2, 0.25) is 0 Å². The average molecular weight is 304 g/mol. The highest BCUT2D eigenvalue weighted by atomic mass is 16.4. The maximum absolute atomic E-state index is 12.0. The van der Waals surface area contributed by atoms with E-state index in [1.54, 1.807) is 11.8 Å². The summed E-state index contributed by atoms with van der Waals surface area (Å²) >= 11 is 0. The first kappa shape index (κ1) is 16.0. The molecule has 2 amide bonds. The highest BCUT2D eigenvalue weighted by molar-refractivity contribution is 5.94. The Morgan fingerprint density at radius 1 is 1.18 bits per heavy atom. The Labute approximate surface area is 129 Å². The zero-order valence-electron chi connectivity index (χ0n) is 12.6. The van der Waals surface area contributed by atoms with Crippen LogP contribution in [0.2, 0.25) is 0 Å². The molecular formula is C16H20N2O4. The molecule has 1 aromatic carbocycles. The molecular weight excluding hydrogens is 284 g/mol. The normalized spacial score (nSPS) is 14.0. The average Bonchev–Trinajstić information content (AvgIpc) is 2.68. The molecule has 0 radical (unpaired) electrons. The molecule has 2 N–H and O–H groups in total. The van der Waals surface area contributed by atoms with Crippen molar-refractivity contribution in [1.82, 2.24) is 10.2 Å². The van der Waals surface area contributed by atoms with Crippen molar-refractivity contribution in [3.63, 3.8) is 0 Å². The summed E-state index contributed by atoms with van der Waals surface area (Å²) in [5.74, 6) is -0.893. The second-order valence-electron chi connectivity index (χ2n) is 5.40. The van der Waals surface area contributed by atoms with Gasteiger partial charge in [0, 0.05) is 25.2 Å². The number of carboxylic acid groups (broad SMARTS) is 1. The maximum atomic E-state index is 12.0. The van der Waals surface area contributed by atoms with Gasteiger partial charge >= 0.3 is 12.0 Å². The second kappa shape index (κ2) is 7.06.